The molecule has 0 spiro atoms. The third-order valence-electron chi connectivity index (χ3n) is 15.8. The number of rotatable bonds is 16. The zero-order valence-corrected chi connectivity index (χ0v) is 46.0. The molecule has 1 aliphatic carbocycles. The average Bonchev–Trinajstić information content (AvgIpc) is 4.03. The van der Waals surface area contributed by atoms with E-state index in [0.29, 0.717) is 33.4 Å². The molecule has 2 aromatic heterocycles. The van der Waals surface area contributed by atoms with Gasteiger partial charge in [0.05, 0.1) is 57.5 Å². The van der Waals surface area contributed by atoms with E-state index in [-0.39, 0.29) is 60.9 Å². The van der Waals surface area contributed by atoms with Crippen molar-refractivity contribution in [2.45, 2.75) is 111 Å². The molecule has 0 radical (unpaired) electrons. The van der Waals surface area contributed by atoms with E-state index < -0.39 is 41.5 Å². The first-order chi connectivity index (χ1) is 35.6. The van der Waals surface area contributed by atoms with E-state index in [4.69, 9.17) is 21.3 Å². The third-order valence-corrected chi connectivity index (χ3v) is 17.1. The second-order valence-corrected chi connectivity index (χ2v) is 24.4. The van der Waals surface area contributed by atoms with Crippen LogP contribution in [0.1, 0.15) is 101 Å². The molecule has 1 saturated carbocycles. The highest BCUT2D eigenvalue weighted by Crippen LogP contribution is 2.55. The highest BCUT2D eigenvalue weighted by Gasteiger charge is 2.64. The van der Waals surface area contributed by atoms with Gasteiger partial charge in [0.25, 0.3) is 5.91 Å². The summed E-state index contributed by atoms with van der Waals surface area (Å²) in [6, 6.07) is 15.6. The van der Waals surface area contributed by atoms with E-state index in [0.717, 1.165) is 80.6 Å². The lowest BCUT2D eigenvalue weighted by Gasteiger charge is -2.63. The number of aliphatic hydroxyl groups is 2. The number of pyridine rings is 1. The fraction of sp³-hybridized carbons (Fsp3) is 0.554. The summed E-state index contributed by atoms with van der Waals surface area (Å²) >= 11 is 7.81. The molecule has 402 valence electrons. The lowest BCUT2D eigenvalue weighted by Crippen LogP contribution is -2.74. The third kappa shape index (κ3) is 12.5. The van der Waals surface area contributed by atoms with Crippen molar-refractivity contribution in [2.75, 3.05) is 70.4 Å². The molecule has 19 heteroatoms. The highest BCUT2D eigenvalue weighted by atomic mass is 35.5. The van der Waals surface area contributed by atoms with E-state index in [1.54, 1.807) is 41.2 Å². The first-order valence-corrected chi connectivity index (χ1v) is 27.4. The van der Waals surface area contributed by atoms with Gasteiger partial charge in [-0.05, 0) is 79.6 Å². The zero-order valence-electron chi connectivity index (χ0n) is 44.4. The Morgan fingerprint density at radius 2 is 1.63 bits per heavy atom. The monoisotopic (exact) mass is 1060 g/mol. The van der Waals surface area contributed by atoms with Crippen molar-refractivity contribution in [1.29, 1.82) is 5.26 Å². The van der Waals surface area contributed by atoms with Gasteiger partial charge in [-0.15, -0.1) is 11.3 Å². The fourth-order valence-corrected chi connectivity index (χ4v) is 12.9. The molecule has 4 fully saturated rings. The van der Waals surface area contributed by atoms with Gasteiger partial charge in [-0.25, -0.2) is 9.97 Å². The number of piperidine rings is 1. The Morgan fingerprint density at radius 3 is 2.21 bits per heavy atom. The van der Waals surface area contributed by atoms with Crippen molar-refractivity contribution < 1.29 is 34.1 Å². The number of nitrogens with one attached hydrogen (secondary N) is 3. The maximum absolute atomic E-state index is 14.3. The molecule has 5 N–H and O–H groups in total. The van der Waals surface area contributed by atoms with Gasteiger partial charge in [-0.3, -0.25) is 29.0 Å². The number of nitriles is 1. The number of hydrogen-bond acceptors (Lipinski definition) is 14. The van der Waals surface area contributed by atoms with E-state index in [9.17, 15) is 34.7 Å². The van der Waals surface area contributed by atoms with Crippen LogP contribution in [-0.4, -0.2) is 154 Å². The van der Waals surface area contributed by atoms with Gasteiger partial charge in [0.15, 0.2) is 0 Å². The summed E-state index contributed by atoms with van der Waals surface area (Å²) in [5.41, 5.74) is 3.81. The quantitative estimate of drug-likeness (QED) is 0.0895. The van der Waals surface area contributed by atoms with Crippen LogP contribution in [0.25, 0.3) is 10.4 Å². The molecule has 3 saturated heterocycles. The number of carbonyl (C=O) groups excluding carboxylic acids is 4. The number of aromatic nitrogens is 2. The number of thiazole rings is 1. The second kappa shape index (κ2) is 22.9. The maximum atomic E-state index is 14.3. The minimum absolute atomic E-state index is 0.0421. The summed E-state index contributed by atoms with van der Waals surface area (Å²) in [6.45, 7) is 21.5. The van der Waals surface area contributed by atoms with Crippen molar-refractivity contribution in [1.82, 2.24) is 40.6 Å². The average molecular weight is 1070 g/mol. The number of carbonyl (C=O) groups is 4. The number of aliphatic hydroxyl groups excluding tert-OH is 2. The minimum Gasteiger partial charge on any atom is -0.489 e. The van der Waals surface area contributed by atoms with Gasteiger partial charge in [-0.1, -0.05) is 84.3 Å². The van der Waals surface area contributed by atoms with Crippen molar-refractivity contribution in [2.24, 2.45) is 22.2 Å². The number of likely N-dealkylation sites (tertiary alicyclic amines) is 2. The molecular formula is C56H73ClN10O7S. The largest absolute Gasteiger partial charge is 0.489 e. The molecule has 2 aromatic carbocycles. The van der Waals surface area contributed by atoms with Crippen LogP contribution in [0, 0.1) is 40.4 Å². The van der Waals surface area contributed by atoms with Crippen LogP contribution >= 0.6 is 22.9 Å². The van der Waals surface area contributed by atoms with Crippen molar-refractivity contribution >= 4 is 52.4 Å². The molecule has 5 heterocycles. The smallest absolute Gasteiger partial charge is 0.253 e. The minimum atomic E-state index is -0.979. The molecule has 4 aromatic rings. The Morgan fingerprint density at radius 1 is 0.933 bits per heavy atom. The van der Waals surface area contributed by atoms with Gasteiger partial charge < -0.3 is 40.7 Å². The SMILES string of the molecule is Cc1ncsc1-c1ccc([C@H](CO)NC(=O)[C@@H]2C[C@@H](O)CN2C(=O)[C@@H](NC(=O)CN2CCC(CN3CCN(c4ccc(C(=O)NC5C(C)(C)C(Oc6ccc(C#N)c(Cl)c6)C5(C)C)cn4)CC3)CC2)C(C)(C)C)cc1. The molecular weight excluding hydrogens is 992 g/mol. The van der Waals surface area contributed by atoms with Gasteiger partial charge in [0, 0.05) is 74.8 Å². The van der Waals surface area contributed by atoms with E-state index in [2.05, 4.69) is 69.4 Å². The Bertz CT molecular complexity index is 2710. The van der Waals surface area contributed by atoms with Gasteiger partial charge in [0.2, 0.25) is 17.7 Å². The second-order valence-electron chi connectivity index (χ2n) is 23.1. The fourth-order valence-electron chi connectivity index (χ4n) is 11.8. The highest BCUT2D eigenvalue weighted by molar-refractivity contribution is 7.13. The number of piperazine rings is 1. The number of aryl methyl sites for hydroxylation is 1. The molecule has 0 bridgehead atoms. The summed E-state index contributed by atoms with van der Waals surface area (Å²) in [7, 11) is 0. The Hall–Kier alpha value is -5.68. The molecule has 3 aliphatic heterocycles. The van der Waals surface area contributed by atoms with Gasteiger partial charge in [0.1, 0.15) is 35.8 Å². The standard InChI is InChI=1S/C56H73ClN10O7S/c1-34-47(75-33-60-34)37-11-9-36(10-12-37)43(32-68)61-50(72)44-25-40(69)30-67(44)51(73)48(54(2,3)4)62-46(70)31-64-19-17-35(18-20-64)29-65-21-23-66(24-22-65)45-16-14-39(28-59-45)49(71)63-52-55(5,6)53(56(52,7)8)74-41-15-13-38(27-58)42(57)26-41/h9-16,26,28,33,35,40,43-44,48,52-53,68-69H,17-25,29-32H2,1-8H3,(H,61,72)(H,62,70)(H,63,71)/t40-,43+,44+,48-,52?,53?/m1/s1. The van der Waals surface area contributed by atoms with Crippen LogP contribution in [0.2, 0.25) is 5.02 Å². The molecule has 4 atom stereocenters. The van der Waals surface area contributed by atoms with Crippen molar-refractivity contribution in [3.63, 3.8) is 0 Å². The van der Waals surface area contributed by atoms with Crippen LogP contribution in [-0.2, 0) is 14.4 Å². The first-order valence-electron chi connectivity index (χ1n) is 26.1. The Labute approximate surface area is 450 Å². The van der Waals surface area contributed by atoms with Crippen LogP contribution in [0.3, 0.4) is 0 Å². The molecule has 8 rings (SSSR count). The van der Waals surface area contributed by atoms with Crippen LogP contribution < -0.4 is 25.6 Å². The van der Waals surface area contributed by atoms with Crippen molar-refractivity contribution in [3.8, 4) is 22.3 Å². The van der Waals surface area contributed by atoms with Crippen LogP contribution in [0.15, 0.2) is 66.3 Å². The Kier molecular flexibility index (Phi) is 16.9. The summed E-state index contributed by atoms with van der Waals surface area (Å²) in [4.78, 5) is 73.7. The maximum Gasteiger partial charge on any atom is 0.253 e. The zero-order chi connectivity index (χ0) is 54.0. The molecule has 75 heavy (non-hydrogen) atoms. The lowest BCUT2D eigenvalue weighted by atomic mass is 9.49. The Balaban J connectivity index is 0.763. The number of benzene rings is 2. The summed E-state index contributed by atoms with van der Waals surface area (Å²) in [5, 5.41) is 39.8. The summed E-state index contributed by atoms with van der Waals surface area (Å²) < 4.78 is 6.39. The topological polar surface area (TPSA) is 217 Å². The lowest BCUT2D eigenvalue weighted by molar-refractivity contribution is -0.164. The number of nitrogens with zero attached hydrogens (tertiary/aromatic N) is 7. The number of ether oxygens (including phenoxy) is 1. The predicted octanol–water partition coefficient (Wildman–Crippen LogP) is 5.83. The van der Waals surface area contributed by atoms with Gasteiger partial charge in [-0.2, -0.15) is 5.26 Å². The number of hydrogen-bond donors (Lipinski definition) is 5. The summed E-state index contributed by atoms with van der Waals surface area (Å²) in [5.74, 6) is 0.536. The molecule has 4 aliphatic rings. The summed E-state index contributed by atoms with van der Waals surface area (Å²) in [6.07, 6.45) is 2.46. The van der Waals surface area contributed by atoms with E-state index >= 15 is 0 Å². The number of amides is 4. The van der Waals surface area contributed by atoms with Gasteiger partial charge >= 0.3 is 0 Å². The molecule has 17 nitrogen and oxygen atoms in total. The normalized spacial score (nSPS) is 22.9. The number of anilines is 1. The van der Waals surface area contributed by atoms with Crippen LogP contribution in [0.4, 0.5) is 5.82 Å². The number of β-amino-alcohol motifs (C(OH)–C–C–N with tert-alkyl or cyclic N) is 1. The number of halogens is 1. The molecule has 0 unspecified atom stereocenters. The molecule has 4 amide bonds. The van der Waals surface area contributed by atoms with E-state index in [1.807, 2.05) is 64.1 Å². The first kappa shape index (κ1) is 55.5. The van der Waals surface area contributed by atoms with Crippen LogP contribution in [0.5, 0.6) is 5.75 Å². The predicted molar refractivity (Wildman–Crippen MR) is 289 cm³/mol. The van der Waals surface area contributed by atoms with Crippen molar-refractivity contribution in [3.05, 3.63) is 93.7 Å². The van der Waals surface area contributed by atoms with E-state index in [1.165, 1.54) is 4.90 Å².